The van der Waals surface area contributed by atoms with Crippen molar-refractivity contribution in [3.63, 3.8) is 0 Å². The zero-order chi connectivity index (χ0) is 11.1. The third kappa shape index (κ3) is 3.87. The molecule has 0 aromatic rings. The van der Waals surface area contributed by atoms with Crippen LogP contribution in [0.15, 0.2) is 0 Å². The van der Waals surface area contributed by atoms with Gasteiger partial charge in [0.05, 0.1) is 0 Å². The molecule has 0 radical (unpaired) electrons. The third-order valence-electron chi connectivity index (χ3n) is 2.49. The minimum Gasteiger partial charge on any atom is -0.338 e. The van der Waals surface area contributed by atoms with Crippen molar-refractivity contribution >= 4 is 17.5 Å². The van der Waals surface area contributed by atoms with Crippen molar-refractivity contribution in [1.29, 1.82) is 0 Å². The van der Waals surface area contributed by atoms with Gasteiger partial charge in [-0.05, 0) is 12.8 Å². The molecule has 2 nitrogen and oxygen atoms in total. The SMILES string of the molecule is CCC(CC)N(CCCl)C(=O)C(C)C. The predicted molar refractivity (Wildman–Crippen MR) is 61.6 cm³/mol. The van der Waals surface area contributed by atoms with E-state index < -0.39 is 0 Å². The van der Waals surface area contributed by atoms with Crippen LogP contribution in [0.25, 0.3) is 0 Å². The highest BCUT2D eigenvalue weighted by Crippen LogP contribution is 2.12. The van der Waals surface area contributed by atoms with Gasteiger partial charge in [-0.2, -0.15) is 0 Å². The van der Waals surface area contributed by atoms with Crippen LogP contribution in [0.2, 0.25) is 0 Å². The standard InChI is InChI=1S/C11H22ClNO/c1-5-10(6-2)13(8-7-12)11(14)9(3)4/h9-10H,5-8H2,1-4H3. The fourth-order valence-electron chi connectivity index (χ4n) is 1.62. The largest absolute Gasteiger partial charge is 0.338 e. The van der Waals surface area contributed by atoms with Crippen molar-refractivity contribution in [3.8, 4) is 0 Å². The van der Waals surface area contributed by atoms with Crippen molar-refractivity contribution < 1.29 is 4.79 Å². The molecule has 0 heterocycles. The van der Waals surface area contributed by atoms with Gasteiger partial charge in [0.2, 0.25) is 5.91 Å². The number of rotatable bonds is 6. The number of carbonyl (C=O) groups is 1. The molecule has 0 fully saturated rings. The van der Waals surface area contributed by atoms with Crippen molar-refractivity contribution in [1.82, 2.24) is 4.90 Å². The molecule has 3 heteroatoms. The van der Waals surface area contributed by atoms with Gasteiger partial charge in [0, 0.05) is 24.4 Å². The molecule has 0 spiro atoms. The Morgan fingerprint density at radius 2 is 1.79 bits per heavy atom. The van der Waals surface area contributed by atoms with E-state index >= 15 is 0 Å². The average molecular weight is 220 g/mol. The van der Waals surface area contributed by atoms with Crippen molar-refractivity contribution in [3.05, 3.63) is 0 Å². The summed E-state index contributed by atoms with van der Waals surface area (Å²) in [5, 5.41) is 0. The normalized spacial score (nSPS) is 11.1. The first-order valence-corrected chi connectivity index (χ1v) is 5.98. The summed E-state index contributed by atoms with van der Waals surface area (Å²) in [5.41, 5.74) is 0. The van der Waals surface area contributed by atoms with E-state index in [-0.39, 0.29) is 11.8 Å². The Hall–Kier alpha value is -0.240. The van der Waals surface area contributed by atoms with Crippen molar-refractivity contribution in [2.45, 2.75) is 46.6 Å². The summed E-state index contributed by atoms with van der Waals surface area (Å²) in [6.07, 6.45) is 2.01. The Balaban J connectivity index is 4.47. The van der Waals surface area contributed by atoms with E-state index in [1.807, 2.05) is 18.7 Å². The van der Waals surface area contributed by atoms with Crippen molar-refractivity contribution in [2.75, 3.05) is 12.4 Å². The Kier molecular flexibility index (Phi) is 6.98. The van der Waals surface area contributed by atoms with Gasteiger partial charge in [-0.3, -0.25) is 4.79 Å². The summed E-state index contributed by atoms with van der Waals surface area (Å²) in [4.78, 5) is 13.8. The van der Waals surface area contributed by atoms with E-state index in [4.69, 9.17) is 11.6 Å². The van der Waals surface area contributed by atoms with E-state index in [2.05, 4.69) is 13.8 Å². The molecule has 0 saturated carbocycles. The van der Waals surface area contributed by atoms with Crippen LogP contribution in [0.5, 0.6) is 0 Å². The summed E-state index contributed by atoms with van der Waals surface area (Å²) in [5.74, 6) is 0.813. The molecule has 0 rings (SSSR count). The molecule has 0 bridgehead atoms. The van der Waals surface area contributed by atoms with Gasteiger partial charge in [0.15, 0.2) is 0 Å². The average Bonchev–Trinajstić information content (AvgIpc) is 2.17. The minimum atomic E-state index is 0.0683. The molecule has 0 aliphatic rings. The first-order chi connectivity index (χ1) is 6.58. The summed E-state index contributed by atoms with van der Waals surface area (Å²) in [6, 6.07) is 0.351. The molecule has 0 N–H and O–H groups in total. The van der Waals surface area contributed by atoms with Gasteiger partial charge in [-0.15, -0.1) is 11.6 Å². The molecule has 84 valence electrons. The molecule has 14 heavy (non-hydrogen) atoms. The number of hydrogen-bond donors (Lipinski definition) is 0. The molecule has 0 unspecified atom stereocenters. The van der Waals surface area contributed by atoms with Gasteiger partial charge in [-0.1, -0.05) is 27.7 Å². The highest BCUT2D eigenvalue weighted by molar-refractivity contribution is 6.18. The van der Waals surface area contributed by atoms with Crippen molar-refractivity contribution in [2.24, 2.45) is 5.92 Å². The number of carbonyl (C=O) groups excluding carboxylic acids is 1. The van der Waals surface area contributed by atoms with E-state index in [0.29, 0.717) is 18.5 Å². The Morgan fingerprint density at radius 1 is 1.29 bits per heavy atom. The summed E-state index contributed by atoms with van der Waals surface area (Å²) in [7, 11) is 0. The smallest absolute Gasteiger partial charge is 0.225 e. The number of alkyl halides is 1. The molecule has 0 saturated heterocycles. The molecule has 0 aromatic carbocycles. The van der Waals surface area contributed by atoms with Gasteiger partial charge in [-0.25, -0.2) is 0 Å². The predicted octanol–water partition coefficient (Wildman–Crippen LogP) is 2.90. The lowest BCUT2D eigenvalue weighted by atomic mass is 10.1. The van der Waals surface area contributed by atoms with Crippen LogP contribution in [0.3, 0.4) is 0 Å². The fourth-order valence-corrected chi connectivity index (χ4v) is 1.81. The second-order valence-corrected chi connectivity index (χ2v) is 4.22. The third-order valence-corrected chi connectivity index (χ3v) is 2.65. The number of nitrogens with zero attached hydrogens (tertiary/aromatic N) is 1. The molecule has 0 aromatic heterocycles. The molecule has 0 atom stereocenters. The van der Waals surface area contributed by atoms with Gasteiger partial charge < -0.3 is 4.90 Å². The van der Waals surface area contributed by atoms with Crippen LogP contribution in [0.1, 0.15) is 40.5 Å². The molecular formula is C11H22ClNO. The first-order valence-electron chi connectivity index (χ1n) is 5.44. The van der Waals surface area contributed by atoms with Crippen LogP contribution in [-0.4, -0.2) is 29.3 Å². The maximum absolute atomic E-state index is 11.9. The highest BCUT2D eigenvalue weighted by Gasteiger charge is 2.22. The zero-order valence-electron chi connectivity index (χ0n) is 9.72. The summed E-state index contributed by atoms with van der Waals surface area (Å²) < 4.78 is 0. The summed E-state index contributed by atoms with van der Waals surface area (Å²) in [6.45, 7) is 8.77. The Bertz CT molecular complexity index is 167. The van der Waals surface area contributed by atoms with Crippen LogP contribution in [-0.2, 0) is 4.79 Å². The van der Waals surface area contributed by atoms with Crippen LogP contribution in [0, 0.1) is 5.92 Å². The summed E-state index contributed by atoms with van der Waals surface area (Å²) >= 11 is 5.71. The molecular weight excluding hydrogens is 198 g/mol. The van der Waals surface area contributed by atoms with Gasteiger partial charge >= 0.3 is 0 Å². The van der Waals surface area contributed by atoms with Crippen LogP contribution in [0.4, 0.5) is 0 Å². The lowest BCUT2D eigenvalue weighted by Gasteiger charge is -2.31. The number of halogens is 1. The van der Waals surface area contributed by atoms with Gasteiger partial charge in [0.25, 0.3) is 0 Å². The van der Waals surface area contributed by atoms with E-state index in [0.717, 1.165) is 12.8 Å². The highest BCUT2D eigenvalue weighted by atomic mass is 35.5. The maximum atomic E-state index is 11.9. The topological polar surface area (TPSA) is 20.3 Å². The molecule has 0 aliphatic carbocycles. The van der Waals surface area contributed by atoms with E-state index in [1.54, 1.807) is 0 Å². The Morgan fingerprint density at radius 3 is 2.07 bits per heavy atom. The second-order valence-electron chi connectivity index (χ2n) is 3.85. The lowest BCUT2D eigenvalue weighted by Crippen LogP contribution is -2.43. The lowest BCUT2D eigenvalue weighted by molar-refractivity contribution is -0.136. The second kappa shape index (κ2) is 7.10. The fraction of sp³-hybridized carbons (Fsp3) is 0.909. The first kappa shape index (κ1) is 13.8. The van der Waals surface area contributed by atoms with E-state index in [1.165, 1.54) is 0 Å². The number of hydrogen-bond acceptors (Lipinski definition) is 1. The molecule has 1 amide bonds. The van der Waals surface area contributed by atoms with E-state index in [9.17, 15) is 4.79 Å². The van der Waals surface area contributed by atoms with Crippen LogP contribution < -0.4 is 0 Å². The monoisotopic (exact) mass is 219 g/mol. The molecule has 0 aliphatic heterocycles. The van der Waals surface area contributed by atoms with Crippen LogP contribution >= 0.6 is 11.6 Å². The minimum absolute atomic E-state index is 0.0683. The quantitative estimate of drug-likeness (QED) is 0.630. The maximum Gasteiger partial charge on any atom is 0.225 e. The number of amides is 1. The Labute approximate surface area is 92.6 Å². The van der Waals surface area contributed by atoms with Gasteiger partial charge in [0.1, 0.15) is 0 Å². The zero-order valence-corrected chi connectivity index (χ0v) is 10.5.